The molecule has 8 nitrogen and oxygen atoms in total. The molecule has 0 radical (unpaired) electrons. The molecule has 148 valence electrons. The lowest BCUT2D eigenvalue weighted by Crippen LogP contribution is -2.29. The van der Waals surface area contributed by atoms with Crippen LogP contribution in [0, 0.1) is 0 Å². The van der Waals surface area contributed by atoms with Gasteiger partial charge >= 0.3 is 0 Å². The third-order valence-corrected chi connectivity index (χ3v) is 5.07. The van der Waals surface area contributed by atoms with Gasteiger partial charge in [-0.25, -0.2) is 10.1 Å². The molecule has 0 aliphatic carbocycles. The number of tetrazole rings is 1. The number of anilines is 1. The summed E-state index contributed by atoms with van der Waals surface area (Å²) in [4.78, 5) is 14.8. The molecule has 0 atom stereocenters. The lowest BCUT2D eigenvalue weighted by atomic mass is 10.1. The van der Waals surface area contributed by atoms with Crippen molar-refractivity contribution in [2.45, 2.75) is 26.2 Å². The van der Waals surface area contributed by atoms with Gasteiger partial charge in [-0.05, 0) is 78.6 Å². The molecule has 1 fully saturated rings. The molecule has 0 unspecified atom stereocenters. The number of amides is 1. The SMILES string of the molecule is C/C(=N\NC(=O)c1ccc(-n2cnnn2)cc1)c1ccc(N2CCCCC2)cc1. The van der Waals surface area contributed by atoms with E-state index in [1.54, 1.807) is 24.3 Å². The number of hydrazone groups is 1. The number of aromatic nitrogens is 4. The smallest absolute Gasteiger partial charge is 0.271 e. The number of hydrogen-bond donors (Lipinski definition) is 1. The lowest BCUT2D eigenvalue weighted by molar-refractivity contribution is 0.0955. The van der Waals surface area contributed by atoms with Crippen molar-refractivity contribution in [2.75, 3.05) is 18.0 Å². The highest BCUT2D eigenvalue weighted by Gasteiger charge is 2.11. The largest absolute Gasteiger partial charge is 0.372 e. The first-order valence-corrected chi connectivity index (χ1v) is 9.74. The Morgan fingerprint density at radius 3 is 2.24 bits per heavy atom. The molecule has 2 heterocycles. The van der Waals surface area contributed by atoms with Gasteiger partial charge in [-0.15, -0.1) is 5.10 Å². The summed E-state index contributed by atoms with van der Waals surface area (Å²) >= 11 is 0. The predicted molar refractivity (Wildman–Crippen MR) is 111 cm³/mol. The summed E-state index contributed by atoms with van der Waals surface area (Å²) in [5.41, 5.74) is 6.90. The summed E-state index contributed by atoms with van der Waals surface area (Å²) in [5.74, 6) is -0.266. The first kappa shape index (κ1) is 18.8. The molecule has 3 aromatic rings. The van der Waals surface area contributed by atoms with Crippen molar-refractivity contribution in [3.05, 3.63) is 66.0 Å². The van der Waals surface area contributed by atoms with Crippen molar-refractivity contribution < 1.29 is 4.79 Å². The molecule has 1 N–H and O–H groups in total. The number of carbonyl (C=O) groups is 1. The Hall–Kier alpha value is -3.55. The summed E-state index contributed by atoms with van der Waals surface area (Å²) in [6.45, 7) is 4.13. The van der Waals surface area contributed by atoms with Gasteiger partial charge in [0.15, 0.2) is 0 Å². The summed E-state index contributed by atoms with van der Waals surface area (Å²) in [7, 11) is 0. The zero-order valence-corrected chi connectivity index (χ0v) is 16.3. The molecule has 1 aliphatic rings. The van der Waals surface area contributed by atoms with Crippen LogP contribution in [0.1, 0.15) is 42.1 Å². The van der Waals surface area contributed by atoms with Crippen molar-refractivity contribution in [2.24, 2.45) is 5.10 Å². The number of nitrogens with zero attached hydrogens (tertiary/aromatic N) is 6. The van der Waals surface area contributed by atoms with E-state index in [1.807, 2.05) is 6.92 Å². The second kappa shape index (κ2) is 8.64. The van der Waals surface area contributed by atoms with Crippen LogP contribution in [0.15, 0.2) is 60.0 Å². The Labute approximate surface area is 169 Å². The molecule has 29 heavy (non-hydrogen) atoms. The van der Waals surface area contributed by atoms with E-state index in [9.17, 15) is 4.79 Å². The quantitative estimate of drug-likeness (QED) is 0.535. The first-order valence-electron chi connectivity index (χ1n) is 9.74. The van der Waals surface area contributed by atoms with E-state index < -0.39 is 0 Å². The van der Waals surface area contributed by atoms with Crippen LogP contribution in [0.25, 0.3) is 5.69 Å². The summed E-state index contributed by atoms with van der Waals surface area (Å²) < 4.78 is 1.53. The molecule has 4 rings (SSSR count). The minimum absolute atomic E-state index is 0.266. The molecule has 8 heteroatoms. The van der Waals surface area contributed by atoms with Crippen molar-refractivity contribution in [3.63, 3.8) is 0 Å². The number of carbonyl (C=O) groups excluding carboxylic acids is 1. The van der Waals surface area contributed by atoms with Crippen molar-refractivity contribution in [1.29, 1.82) is 0 Å². The molecular weight excluding hydrogens is 366 g/mol. The zero-order chi connectivity index (χ0) is 20.1. The monoisotopic (exact) mass is 389 g/mol. The van der Waals surface area contributed by atoms with Crippen molar-refractivity contribution in [1.82, 2.24) is 25.6 Å². The van der Waals surface area contributed by atoms with Gasteiger partial charge < -0.3 is 4.90 Å². The van der Waals surface area contributed by atoms with Crippen LogP contribution in [0.4, 0.5) is 5.69 Å². The maximum absolute atomic E-state index is 12.4. The number of piperidine rings is 1. The van der Waals surface area contributed by atoms with E-state index in [0.717, 1.165) is 30.1 Å². The van der Waals surface area contributed by atoms with Crippen molar-refractivity contribution >= 4 is 17.3 Å². The second-order valence-corrected chi connectivity index (χ2v) is 7.03. The van der Waals surface area contributed by atoms with Gasteiger partial charge in [0, 0.05) is 24.3 Å². The van der Waals surface area contributed by atoms with E-state index >= 15 is 0 Å². The van der Waals surface area contributed by atoms with Gasteiger partial charge in [-0.1, -0.05) is 12.1 Å². The van der Waals surface area contributed by atoms with Crippen LogP contribution in [-0.2, 0) is 0 Å². The lowest BCUT2D eigenvalue weighted by Gasteiger charge is -2.28. The van der Waals surface area contributed by atoms with Gasteiger partial charge in [0.25, 0.3) is 5.91 Å². The number of hydrogen-bond acceptors (Lipinski definition) is 6. The fourth-order valence-corrected chi connectivity index (χ4v) is 3.37. The highest BCUT2D eigenvalue weighted by atomic mass is 16.2. The second-order valence-electron chi connectivity index (χ2n) is 7.03. The molecule has 0 saturated carbocycles. The topological polar surface area (TPSA) is 88.3 Å². The minimum atomic E-state index is -0.266. The van der Waals surface area contributed by atoms with E-state index in [4.69, 9.17) is 0 Å². The predicted octanol–water partition coefficient (Wildman–Crippen LogP) is 2.81. The minimum Gasteiger partial charge on any atom is -0.372 e. The van der Waals surface area contributed by atoms with Crippen LogP contribution in [0.5, 0.6) is 0 Å². The maximum Gasteiger partial charge on any atom is 0.271 e. The molecule has 1 saturated heterocycles. The molecular formula is C21H23N7O. The van der Waals surface area contributed by atoms with Gasteiger partial charge in [0.2, 0.25) is 0 Å². The fourth-order valence-electron chi connectivity index (χ4n) is 3.37. The van der Waals surface area contributed by atoms with Gasteiger partial charge in [-0.3, -0.25) is 4.79 Å². The first-order chi connectivity index (χ1) is 14.2. The van der Waals surface area contributed by atoms with E-state index in [2.05, 4.69) is 55.2 Å². The third kappa shape index (κ3) is 4.48. The van der Waals surface area contributed by atoms with Crippen LogP contribution in [0.2, 0.25) is 0 Å². The molecule has 1 aromatic heterocycles. The van der Waals surface area contributed by atoms with Crippen LogP contribution in [0.3, 0.4) is 0 Å². The average Bonchev–Trinajstić information content (AvgIpc) is 3.33. The number of benzene rings is 2. The zero-order valence-electron chi connectivity index (χ0n) is 16.3. The van der Waals surface area contributed by atoms with Crippen LogP contribution >= 0.6 is 0 Å². The van der Waals surface area contributed by atoms with Gasteiger partial charge in [0.1, 0.15) is 6.33 Å². The molecule has 2 aromatic carbocycles. The Balaban J connectivity index is 1.38. The standard InChI is InChI=1S/C21H23N7O/c1-16(17-5-9-19(10-6-17)27-13-3-2-4-14-27)23-24-21(29)18-7-11-20(12-8-18)28-15-22-25-26-28/h5-12,15H,2-4,13-14H2,1H3,(H,24,29)/b23-16+. The summed E-state index contributed by atoms with van der Waals surface area (Å²) in [6, 6.07) is 15.3. The van der Waals surface area contributed by atoms with E-state index in [1.165, 1.54) is 36.0 Å². The molecule has 1 aliphatic heterocycles. The van der Waals surface area contributed by atoms with Crippen LogP contribution < -0.4 is 10.3 Å². The third-order valence-electron chi connectivity index (χ3n) is 5.07. The number of nitrogens with one attached hydrogen (secondary N) is 1. The fraction of sp³-hybridized carbons (Fsp3) is 0.286. The van der Waals surface area contributed by atoms with E-state index in [0.29, 0.717) is 5.56 Å². The van der Waals surface area contributed by atoms with Gasteiger partial charge in [0.05, 0.1) is 11.4 Å². The normalized spacial score (nSPS) is 14.7. The van der Waals surface area contributed by atoms with E-state index in [-0.39, 0.29) is 5.91 Å². The Bertz CT molecular complexity index is 973. The Morgan fingerprint density at radius 2 is 1.59 bits per heavy atom. The average molecular weight is 389 g/mol. The highest BCUT2D eigenvalue weighted by Crippen LogP contribution is 2.20. The molecule has 1 amide bonds. The summed E-state index contributed by atoms with van der Waals surface area (Å²) in [6.07, 6.45) is 5.33. The maximum atomic E-state index is 12.4. The Morgan fingerprint density at radius 1 is 0.931 bits per heavy atom. The van der Waals surface area contributed by atoms with Crippen molar-refractivity contribution in [3.8, 4) is 5.69 Å². The van der Waals surface area contributed by atoms with Gasteiger partial charge in [-0.2, -0.15) is 5.10 Å². The highest BCUT2D eigenvalue weighted by molar-refractivity contribution is 6.01. The number of rotatable bonds is 5. The van der Waals surface area contributed by atoms with Crippen LogP contribution in [-0.4, -0.2) is 44.9 Å². The molecule has 0 spiro atoms. The Kier molecular flexibility index (Phi) is 5.60. The summed E-state index contributed by atoms with van der Waals surface area (Å²) in [5, 5.41) is 15.3. The molecule has 0 bridgehead atoms.